The number of fused-ring (bicyclic) bond motifs is 3. The third-order valence-electron chi connectivity index (χ3n) is 5.77. The van der Waals surface area contributed by atoms with E-state index in [0.717, 1.165) is 35.7 Å². The molecule has 0 aromatic heterocycles. The molecule has 4 rings (SSSR count). The van der Waals surface area contributed by atoms with Gasteiger partial charge in [0.05, 0.1) is 12.5 Å². The summed E-state index contributed by atoms with van der Waals surface area (Å²) in [5.74, 6) is 0.435. The summed E-state index contributed by atoms with van der Waals surface area (Å²) in [6, 6.07) is 13.6. The minimum absolute atomic E-state index is 0.0251. The first-order valence-corrected chi connectivity index (χ1v) is 8.94. The molecule has 130 valence electrons. The summed E-state index contributed by atoms with van der Waals surface area (Å²) in [6.45, 7) is -0.0251. The van der Waals surface area contributed by atoms with E-state index >= 15 is 0 Å². The van der Waals surface area contributed by atoms with Gasteiger partial charge in [-0.25, -0.2) is 0 Å². The lowest BCUT2D eigenvalue weighted by Gasteiger charge is -2.26. The van der Waals surface area contributed by atoms with Crippen molar-refractivity contribution < 1.29 is 9.59 Å². The molecule has 0 saturated heterocycles. The molecule has 0 heterocycles. The number of hydrogen-bond acceptors (Lipinski definition) is 3. The van der Waals surface area contributed by atoms with Crippen molar-refractivity contribution in [3.8, 4) is 0 Å². The summed E-state index contributed by atoms with van der Waals surface area (Å²) in [7, 11) is 0. The Kier molecular flexibility index (Phi) is 4.17. The first-order valence-electron chi connectivity index (χ1n) is 8.94. The van der Waals surface area contributed by atoms with E-state index in [1.54, 1.807) is 0 Å². The lowest BCUT2D eigenvalue weighted by atomic mass is 9.84. The summed E-state index contributed by atoms with van der Waals surface area (Å²) in [4.78, 5) is 24.7. The zero-order valence-electron chi connectivity index (χ0n) is 14.1. The molecule has 0 aliphatic heterocycles. The summed E-state index contributed by atoms with van der Waals surface area (Å²) < 4.78 is 0. The van der Waals surface area contributed by atoms with Gasteiger partial charge in [-0.3, -0.25) is 9.59 Å². The minimum atomic E-state index is -0.221. The Balaban J connectivity index is 1.37. The van der Waals surface area contributed by atoms with Gasteiger partial charge < -0.3 is 16.4 Å². The van der Waals surface area contributed by atoms with E-state index in [-0.39, 0.29) is 30.3 Å². The average Bonchev–Trinajstić information content (AvgIpc) is 3.21. The molecule has 5 nitrogen and oxygen atoms in total. The highest BCUT2D eigenvalue weighted by atomic mass is 16.2. The van der Waals surface area contributed by atoms with Gasteiger partial charge in [-0.2, -0.15) is 0 Å². The zero-order valence-corrected chi connectivity index (χ0v) is 14.1. The highest BCUT2D eigenvalue weighted by Gasteiger charge is 2.48. The van der Waals surface area contributed by atoms with Crippen LogP contribution in [0.2, 0.25) is 0 Å². The van der Waals surface area contributed by atoms with Gasteiger partial charge in [-0.05, 0) is 42.6 Å². The first kappa shape index (κ1) is 16.1. The van der Waals surface area contributed by atoms with Crippen molar-refractivity contribution >= 4 is 28.3 Å². The Morgan fingerprint density at radius 1 is 1.04 bits per heavy atom. The summed E-state index contributed by atoms with van der Waals surface area (Å²) in [5, 5.41) is 7.72. The number of nitrogens with two attached hydrogens (primary N) is 1. The van der Waals surface area contributed by atoms with Crippen LogP contribution in [-0.2, 0) is 9.59 Å². The van der Waals surface area contributed by atoms with E-state index in [2.05, 4.69) is 10.6 Å². The second-order valence-corrected chi connectivity index (χ2v) is 7.23. The van der Waals surface area contributed by atoms with Crippen LogP contribution < -0.4 is 16.4 Å². The molecule has 2 saturated carbocycles. The van der Waals surface area contributed by atoms with Crippen molar-refractivity contribution in [2.75, 3.05) is 11.9 Å². The molecular formula is C20H23N3O2. The van der Waals surface area contributed by atoms with Crippen molar-refractivity contribution in [1.29, 1.82) is 0 Å². The number of nitrogens with one attached hydrogen (secondary N) is 2. The zero-order chi connectivity index (χ0) is 17.4. The lowest BCUT2D eigenvalue weighted by molar-refractivity contribution is -0.129. The van der Waals surface area contributed by atoms with Crippen molar-refractivity contribution in [3.05, 3.63) is 42.5 Å². The fourth-order valence-electron chi connectivity index (χ4n) is 4.54. The van der Waals surface area contributed by atoms with Gasteiger partial charge in [-0.1, -0.05) is 36.4 Å². The van der Waals surface area contributed by atoms with Gasteiger partial charge in [-0.15, -0.1) is 0 Å². The smallest absolute Gasteiger partial charge is 0.243 e. The number of benzene rings is 2. The number of carbonyl (C=O) groups is 2. The maximum Gasteiger partial charge on any atom is 0.243 e. The SMILES string of the molecule is NC1C2CCC(C2)C1C(=O)NCC(=O)Nc1cccc2ccccc12. The molecule has 4 unspecified atom stereocenters. The third-order valence-corrected chi connectivity index (χ3v) is 5.77. The van der Waals surface area contributed by atoms with Gasteiger partial charge in [0.1, 0.15) is 0 Å². The van der Waals surface area contributed by atoms with Crippen LogP contribution >= 0.6 is 0 Å². The molecule has 4 atom stereocenters. The van der Waals surface area contributed by atoms with Crippen LogP contribution in [0, 0.1) is 17.8 Å². The Morgan fingerprint density at radius 3 is 2.60 bits per heavy atom. The third kappa shape index (κ3) is 3.00. The number of amides is 2. The number of hydrogen-bond donors (Lipinski definition) is 3. The monoisotopic (exact) mass is 337 g/mol. The Labute approximate surface area is 147 Å². The molecule has 2 amide bonds. The maximum absolute atomic E-state index is 12.4. The second kappa shape index (κ2) is 6.48. The Hall–Kier alpha value is -2.40. The maximum atomic E-state index is 12.4. The summed E-state index contributed by atoms with van der Waals surface area (Å²) in [6.07, 6.45) is 3.28. The van der Waals surface area contributed by atoms with Crippen molar-refractivity contribution in [2.45, 2.75) is 25.3 Å². The van der Waals surface area contributed by atoms with Gasteiger partial charge in [0.25, 0.3) is 0 Å². The van der Waals surface area contributed by atoms with Crippen molar-refractivity contribution in [2.24, 2.45) is 23.5 Å². The van der Waals surface area contributed by atoms with E-state index in [4.69, 9.17) is 5.73 Å². The topological polar surface area (TPSA) is 84.2 Å². The molecule has 2 aliphatic carbocycles. The van der Waals surface area contributed by atoms with Crippen molar-refractivity contribution in [1.82, 2.24) is 5.32 Å². The molecule has 2 aromatic carbocycles. The van der Waals surface area contributed by atoms with Gasteiger partial charge in [0.15, 0.2) is 0 Å². The number of anilines is 1. The number of rotatable bonds is 4. The van der Waals surface area contributed by atoms with Gasteiger partial charge >= 0.3 is 0 Å². The van der Waals surface area contributed by atoms with E-state index < -0.39 is 0 Å². The van der Waals surface area contributed by atoms with E-state index in [1.807, 2.05) is 42.5 Å². The predicted molar refractivity (Wildman–Crippen MR) is 97.9 cm³/mol. The van der Waals surface area contributed by atoms with Crippen LogP contribution in [0.25, 0.3) is 10.8 Å². The fourth-order valence-corrected chi connectivity index (χ4v) is 4.54. The molecule has 0 spiro atoms. The minimum Gasteiger partial charge on any atom is -0.347 e. The van der Waals surface area contributed by atoms with Crippen LogP contribution in [0.3, 0.4) is 0 Å². The molecular weight excluding hydrogens is 314 g/mol. The van der Waals surface area contributed by atoms with Crippen LogP contribution in [0.5, 0.6) is 0 Å². The second-order valence-electron chi connectivity index (χ2n) is 7.23. The lowest BCUT2D eigenvalue weighted by Crippen LogP contribution is -2.46. The number of carbonyl (C=O) groups excluding carboxylic acids is 2. The molecule has 2 bridgehead atoms. The van der Waals surface area contributed by atoms with Crippen LogP contribution in [0.1, 0.15) is 19.3 Å². The summed E-state index contributed by atoms with van der Waals surface area (Å²) in [5.41, 5.74) is 6.95. The fraction of sp³-hybridized carbons (Fsp3) is 0.400. The quantitative estimate of drug-likeness (QED) is 0.800. The van der Waals surface area contributed by atoms with E-state index in [9.17, 15) is 9.59 Å². The van der Waals surface area contributed by atoms with E-state index in [1.165, 1.54) is 0 Å². The molecule has 2 aliphatic rings. The Morgan fingerprint density at radius 2 is 1.80 bits per heavy atom. The van der Waals surface area contributed by atoms with Crippen LogP contribution in [-0.4, -0.2) is 24.4 Å². The predicted octanol–water partition coefficient (Wildman–Crippen LogP) is 2.27. The molecule has 4 N–H and O–H groups in total. The summed E-state index contributed by atoms with van der Waals surface area (Å²) >= 11 is 0. The van der Waals surface area contributed by atoms with E-state index in [0.29, 0.717) is 11.8 Å². The van der Waals surface area contributed by atoms with Gasteiger partial charge in [0, 0.05) is 17.1 Å². The standard InChI is InChI=1S/C20H23N3O2/c21-19-14-9-8-13(10-14)18(19)20(25)22-11-17(24)23-16-7-3-5-12-4-1-2-6-15(12)16/h1-7,13-14,18-19H,8-11,21H2,(H,22,25)(H,23,24). The molecule has 5 heteroatoms. The largest absolute Gasteiger partial charge is 0.347 e. The molecule has 2 fully saturated rings. The average molecular weight is 337 g/mol. The molecule has 2 aromatic rings. The molecule has 0 radical (unpaired) electrons. The molecule has 25 heavy (non-hydrogen) atoms. The van der Waals surface area contributed by atoms with Gasteiger partial charge in [0.2, 0.25) is 11.8 Å². The van der Waals surface area contributed by atoms with Crippen LogP contribution in [0.15, 0.2) is 42.5 Å². The Bertz CT molecular complexity index is 812. The van der Waals surface area contributed by atoms with Crippen LogP contribution in [0.4, 0.5) is 5.69 Å². The normalized spacial score (nSPS) is 27.4. The highest BCUT2D eigenvalue weighted by molar-refractivity contribution is 6.03. The highest BCUT2D eigenvalue weighted by Crippen LogP contribution is 2.47. The van der Waals surface area contributed by atoms with Crippen molar-refractivity contribution in [3.63, 3.8) is 0 Å². The first-order chi connectivity index (χ1) is 12.1.